The fourth-order valence-corrected chi connectivity index (χ4v) is 5.84. The summed E-state index contributed by atoms with van der Waals surface area (Å²) in [6.07, 6.45) is 1.57. The zero-order valence-corrected chi connectivity index (χ0v) is 25.3. The number of rotatable bonds is 11. The van der Waals surface area contributed by atoms with Gasteiger partial charge in [-0.15, -0.1) is 0 Å². The predicted octanol–water partition coefficient (Wildman–Crippen LogP) is 4.93. The van der Waals surface area contributed by atoms with Crippen molar-refractivity contribution in [3.05, 3.63) is 95.6 Å². The molecule has 1 amide bonds. The molecule has 13 heteroatoms. The van der Waals surface area contributed by atoms with E-state index in [1.807, 2.05) is 0 Å². The molecular formula is C32H31F3N2O7S. The van der Waals surface area contributed by atoms with E-state index in [0.717, 1.165) is 39.7 Å². The molecule has 1 fully saturated rings. The molecule has 3 aromatic rings. The largest absolute Gasteiger partial charge is 0.497 e. The molecule has 1 heterocycles. The lowest BCUT2D eigenvalue weighted by Gasteiger charge is -2.34. The first kappa shape index (κ1) is 33.3. The molecule has 4 rings (SSSR count). The van der Waals surface area contributed by atoms with Crippen molar-refractivity contribution in [3.63, 3.8) is 0 Å². The normalized spacial score (nSPS) is 14.6. The quantitative estimate of drug-likeness (QED) is 0.273. The highest BCUT2D eigenvalue weighted by Crippen LogP contribution is 2.30. The number of hydrogen-bond acceptors (Lipinski definition) is 7. The maximum absolute atomic E-state index is 12.9. The van der Waals surface area contributed by atoms with E-state index >= 15 is 0 Å². The number of piperazine rings is 1. The topological polar surface area (TPSA) is 102 Å². The lowest BCUT2D eigenvalue weighted by molar-refractivity contribution is -0.137. The fourth-order valence-electron chi connectivity index (χ4n) is 4.42. The zero-order chi connectivity index (χ0) is 32.6. The molecule has 0 N–H and O–H groups in total. The Morgan fingerprint density at radius 3 is 2.04 bits per heavy atom. The van der Waals surface area contributed by atoms with Crippen LogP contribution >= 0.6 is 0 Å². The predicted molar refractivity (Wildman–Crippen MR) is 161 cm³/mol. The van der Waals surface area contributed by atoms with Gasteiger partial charge < -0.3 is 19.1 Å². The number of benzene rings is 3. The monoisotopic (exact) mass is 644 g/mol. The number of carbonyl (C=O) groups excluding carboxylic acids is 2. The SMILES string of the molecule is COc1ccc(C=CC(=O)C=Cc2ccc(OCC(=O)N3CCN(S(=O)(=O)c4ccc(C(F)(F)F)cc4)CC3)cc2)c(OC)c1. The van der Waals surface area contributed by atoms with Gasteiger partial charge >= 0.3 is 6.18 Å². The molecule has 0 unspecified atom stereocenters. The molecule has 0 aliphatic carbocycles. The number of nitrogens with zero attached hydrogens (tertiary/aromatic N) is 2. The van der Waals surface area contributed by atoms with Crippen molar-refractivity contribution in [1.82, 2.24) is 9.21 Å². The maximum Gasteiger partial charge on any atom is 0.416 e. The summed E-state index contributed by atoms with van der Waals surface area (Å²) in [5, 5.41) is 0. The van der Waals surface area contributed by atoms with Gasteiger partial charge in [0, 0.05) is 37.8 Å². The van der Waals surface area contributed by atoms with Gasteiger partial charge in [0.15, 0.2) is 12.4 Å². The molecule has 0 aromatic heterocycles. The third-order valence-corrected chi connectivity index (χ3v) is 8.87. The number of halogens is 3. The number of amides is 1. The number of hydrogen-bond donors (Lipinski definition) is 0. The summed E-state index contributed by atoms with van der Waals surface area (Å²) in [6, 6.07) is 15.4. The van der Waals surface area contributed by atoms with Crippen LogP contribution in [0.25, 0.3) is 12.2 Å². The van der Waals surface area contributed by atoms with Crippen LogP contribution in [0.2, 0.25) is 0 Å². The van der Waals surface area contributed by atoms with E-state index in [1.165, 1.54) is 24.2 Å². The van der Waals surface area contributed by atoms with Gasteiger partial charge in [-0.25, -0.2) is 8.42 Å². The Balaban J connectivity index is 1.24. The molecule has 45 heavy (non-hydrogen) atoms. The summed E-state index contributed by atoms with van der Waals surface area (Å²) < 4.78 is 81.4. The maximum atomic E-state index is 12.9. The minimum Gasteiger partial charge on any atom is -0.497 e. The van der Waals surface area contributed by atoms with Gasteiger partial charge in [0.05, 0.1) is 24.7 Å². The Bertz CT molecular complexity index is 1660. The Hall–Kier alpha value is -4.62. The molecule has 0 spiro atoms. The van der Waals surface area contributed by atoms with Gasteiger partial charge in [-0.05, 0) is 72.3 Å². The van der Waals surface area contributed by atoms with Crippen molar-refractivity contribution in [2.75, 3.05) is 47.0 Å². The van der Waals surface area contributed by atoms with Gasteiger partial charge in [-0.3, -0.25) is 9.59 Å². The van der Waals surface area contributed by atoms with Crippen molar-refractivity contribution in [1.29, 1.82) is 0 Å². The number of carbonyl (C=O) groups is 2. The first-order chi connectivity index (χ1) is 21.4. The molecule has 9 nitrogen and oxygen atoms in total. The van der Waals surface area contributed by atoms with Crippen molar-refractivity contribution in [2.45, 2.75) is 11.1 Å². The van der Waals surface area contributed by atoms with Crippen LogP contribution in [0.15, 0.2) is 83.8 Å². The minimum absolute atomic E-state index is 0.00230. The van der Waals surface area contributed by atoms with Crippen molar-refractivity contribution >= 4 is 33.9 Å². The van der Waals surface area contributed by atoms with Crippen molar-refractivity contribution in [3.8, 4) is 17.2 Å². The summed E-state index contributed by atoms with van der Waals surface area (Å²) in [5.41, 5.74) is 0.526. The number of methoxy groups -OCH3 is 2. The highest BCUT2D eigenvalue weighted by Gasteiger charge is 2.33. The molecule has 0 bridgehead atoms. The highest BCUT2D eigenvalue weighted by atomic mass is 32.2. The van der Waals surface area contributed by atoms with Crippen LogP contribution in [0.5, 0.6) is 17.2 Å². The summed E-state index contributed by atoms with van der Waals surface area (Å²) in [4.78, 5) is 26.2. The average Bonchev–Trinajstić information content (AvgIpc) is 3.05. The second-order valence-electron chi connectivity index (χ2n) is 9.84. The van der Waals surface area contributed by atoms with Gasteiger partial charge in [-0.2, -0.15) is 17.5 Å². The van der Waals surface area contributed by atoms with Crippen LogP contribution in [0.4, 0.5) is 13.2 Å². The number of sulfonamides is 1. The summed E-state index contributed by atoms with van der Waals surface area (Å²) >= 11 is 0. The van der Waals surface area contributed by atoms with Gasteiger partial charge in [-0.1, -0.05) is 18.2 Å². The lowest BCUT2D eigenvalue weighted by atomic mass is 10.1. The Morgan fingerprint density at radius 2 is 1.44 bits per heavy atom. The lowest BCUT2D eigenvalue weighted by Crippen LogP contribution is -2.51. The standard InChI is InChI=1S/C32H31F3N2O7S/c1-42-28-14-7-24(30(21-28)43-2)6-11-26(38)10-3-23-4-12-27(13-5-23)44-22-31(39)36-17-19-37(20-18-36)45(40,41)29-15-8-25(9-16-29)32(33,34)35/h3-16,21H,17-20,22H2,1-2H3. The molecule has 0 atom stereocenters. The molecule has 1 aliphatic heterocycles. The van der Waals surface area contributed by atoms with E-state index in [2.05, 4.69) is 0 Å². The van der Waals surface area contributed by atoms with E-state index < -0.39 is 21.8 Å². The first-order valence-corrected chi connectivity index (χ1v) is 15.1. The van der Waals surface area contributed by atoms with Crippen LogP contribution in [0, 0.1) is 0 Å². The summed E-state index contributed by atoms with van der Waals surface area (Å²) in [6.45, 7) is -0.0483. The van der Waals surface area contributed by atoms with E-state index in [1.54, 1.807) is 61.7 Å². The average molecular weight is 645 g/mol. The number of alkyl halides is 3. The summed E-state index contributed by atoms with van der Waals surface area (Å²) in [5.74, 6) is 1.08. The minimum atomic E-state index is -4.57. The molecular weight excluding hydrogens is 613 g/mol. The number of allylic oxidation sites excluding steroid dienone is 2. The van der Waals surface area contributed by atoms with Crippen LogP contribution < -0.4 is 14.2 Å². The van der Waals surface area contributed by atoms with Crippen LogP contribution in [0.1, 0.15) is 16.7 Å². The van der Waals surface area contributed by atoms with Gasteiger partial charge in [0.2, 0.25) is 10.0 Å². The molecule has 3 aromatic carbocycles. The van der Waals surface area contributed by atoms with E-state index in [0.29, 0.717) is 17.2 Å². The number of ketones is 1. The first-order valence-electron chi connectivity index (χ1n) is 13.7. The smallest absolute Gasteiger partial charge is 0.416 e. The number of ether oxygens (including phenoxy) is 3. The van der Waals surface area contributed by atoms with E-state index in [4.69, 9.17) is 14.2 Å². The molecule has 0 saturated carbocycles. The molecule has 1 aliphatic rings. The molecule has 238 valence electrons. The van der Waals surface area contributed by atoms with Gasteiger partial charge in [0.1, 0.15) is 17.2 Å². The van der Waals surface area contributed by atoms with Gasteiger partial charge in [0.25, 0.3) is 5.91 Å². The third-order valence-electron chi connectivity index (χ3n) is 6.96. The second-order valence-corrected chi connectivity index (χ2v) is 11.8. The van der Waals surface area contributed by atoms with Crippen molar-refractivity contribution in [2.24, 2.45) is 0 Å². The summed E-state index contributed by atoms with van der Waals surface area (Å²) in [7, 11) is -0.921. The highest BCUT2D eigenvalue weighted by molar-refractivity contribution is 7.89. The Labute approximate surface area is 259 Å². The van der Waals surface area contributed by atoms with Crippen molar-refractivity contribution < 1.29 is 45.4 Å². The fraction of sp³-hybridized carbons (Fsp3) is 0.250. The zero-order valence-electron chi connectivity index (χ0n) is 24.5. The Kier molecular flexibility index (Phi) is 10.7. The van der Waals surface area contributed by atoms with Crippen LogP contribution in [-0.4, -0.2) is 76.3 Å². The van der Waals surface area contributed by atoms with E-state index in [9.17, 15) is 31.2 Å². The van der Waals surface area contributed by atoms with E-state index in [-0.39, 0.29) is 49.4 Å². The van der Waals surface area contributed by atoms with Crippen LogP contribution in [0.3, 0.4) is 0 Å². The molecule has 1 saturated heterocycles. The third kappa shape index (κ3) is 8.73. The molecule has 0 radical (unpaired) electrons. The second kappa shape index (κ2) is 14.4. The Morgan fingerprint density at radius 1 is 0.822 bits per heavy atom. The van der Waals surface area contributed by atoms with Crippen LogP contribution in [-0.2, 0) is 25.8 Å².